The van der Waals surface area contributed by atoms with Crippen LogP contribution in [0, 0.1) is 0 Å². The Kier molecular flexibility index (Phi) is 3.74. The molecule has 0 spiro atoms. The maximum atomic E-state index is 6.00. The number of hydrogen-bond donors (Lipinski definition) is 1. The SMILES string of the molecule is NC(=S)Cc1nc2ccccc2n1Cc1ccc(Cl)s1. The van der Waals surface area contributed by atoms with Gasteiger partial charge in [-0.25, -0.2) is 4.98 Å². The lowest BCUT2D eigenvalue weighted by Crippen LogP contribution is -2.15. The summed E-state index contributed by atoms with van der Waals surface area (Å²) in [6, 6.07) is 12.0. The second-order valence-corrected chi connectivity index (χ2v) is 6.78. The molecule has 0 aliphatic rings. The second kappa shape index (κ2) is 5.52. The molecule has 0 amide bonds. The summed E-state index contributed by atoms with van der Waals surface area (Å²) in [6.45, 7) is 0.732. The largest absolute Gasteiger partial charge is 0.393 e. The van der Waals surface area contributed by atoms with Gasteiger partial charge in [-0.3, -0.25) is 0 Å². The van der Waals surface area contributed by atoms with Crippen molar-refractivity contribution in [1.82, 2.24) is 9.55 Å². The quantitative estimate of drug-likeness (QED) is 0.746. The van der Waals surface area contributed by atoms with Gasteiger partial charge in [-0.15, -0.1) is 11.3 Å². The smallest absolute Gasteiger partial charge is 0.117 e. The number of thiocarbonyl (C=S) groups is 1. The van der Waals surface area contributed by atoms with Gasteiger partial charge in [0, 0.05) is 4.88 Å². The zero-order valence-corrected chi connectivity index (χ0v) is 12.9. The maximum absolute atomic E-state index is 6.00. The van der Waals surface area contributed by atoms with E-state index in [1.165, 1.54) is 4.88 Å². The van der Waals surface area contributed by atoms with Crippen molar-refractivity contribution >= 4 is 51.2 Å². The zero-order chi connectivity index (χ0) is 14.1. The predicted octanol–water partition coefficient (Wildman–Crippen LogP) is 3.63. The Morgan fingerprint density at radius 1 is 1.30 bits per heavy atom. The Morgan fingerprint density at radius 2 is 2.10 bits per heavy atom. The van der Waals surface area contributed by atoms with Crippen LogP contribution in [0.15, 0.2) is 36.4 Å². The van der Waals surface area contributed by atoms with Crippen molar-refractivity contribution in [3.05, 3.63) is 51.4 Å². The number of nitrogens with two attached hydrogens (primary N) is 1. The lowest BCUT2D eigenvalue weighted by molar-refractivity contribution is 0.784. The van der Waals surface area contributed by atoms with Crippen molar-refractivity contribution in [1.29, 1.82) is 0 Å². The fourth-order valence-corrected chi connectivity index (χ4v) is 3.39. The van der Waals surface area contributed by atoms with Gasteiger partial charge in [-0.2, -0.15) is 0 Å². The van der Waals surface area contributed by atoms with E-state index in [-0.39, 0.29) is 0 Å². The summed E-state index contributed by atoms with van der Waals surface area (Å²) < 4.78 is 2.94. The number of para-hydroxylation sites is 2. The Balaban J connectivity index is 2.08. The van der Waals surface area contributed by atoms with Gasteiger partial charge >= 0.3 is 0 Å². The number of imidazole rings is 1. The van der Waals surface area contributed by atoms with Crippen molar-refractivity contribution in [2.24, 2.45) is 5.73 Å². The third-order valence-electron chi connectivity index (χ3n) is 3.01. The standard InChI is InChI=1S/C14H12ClN3S2/c15-12-6-5-9(20-12)8-18-11-4-2-1-3-10(11)17-14(18)7-13(16)19/h1-6H,7-8H2,(H2,16,19). The first-order valence-electron chi connectivity index (χ1n) is 6.10. The van der Waals surface area contributed by atoms with Crippen molar-refractivity contribution in [2.75, 3.05) is 0 Å². The lowest BCUT2D eigenvalue weighted by atomic mass is 10.3. The van der Waals surface area contributed by atoms with Crippen LogP contribution in [0.2, 0.25) is 4.34 Å². The van der Waals surface area contributed by atoms with Crippen LogP contribution in [0.1, 0.15) is 10.7 Å². The molecule has 0 saturated carbocycles. The van der Waals surface area contributed by atoms with E-state index < -0.39 is 0 Å². The zero-order valence-electron chi connectivity index (χ0n) is 10.5. The minimum atomic E-state index is 0.450. The molecule has 20 heavy (non-hydrogen) atoms. The van der Waals surface area contributed by atoms with E-state index in [2.05, 4.69) is 15.6 Å². The van der Waals surface area contributed by atoms with Gasteiger partial charge in [0.2, 0.25) is 0 Å². The number of hydrogen-bond acceptors (Lipinski definition) is 3. The molecule has 0 saturated heterocycles. The molecule has 0 bridgehead atoms. The van der Waals surface area contributed by atoms with Crippen LogP contribution < -0.4 is 5.73 Å². The third kappa shape index (κ3) is 2.70. The van der Waals surface area contributed by atoms with Gasteiger partial charge in [0.25, 0.3) is 0 Å². The highest BCUT2D eigenvalue weighted by molar-refractivity contribution is 7.80. The summed E-state index contributed by atoms with van der Waals surface area (Å²) in [6.07, 6.45) is 0.503. The Hall–Kier alpha value is -1.43. The number of halogens is 1. The molecule has 0 aliphatic carbocycles. The van der Waals surface area contributed by atoms with Crippen molar-refractivity contribution in [3.8, 4) is 0 Å². The molecule has 102 valence electrons. The number of benzene rings is 1. The van der Waals surface area contributed by atoms with E-state index in [4.69, 9.17) is 29.6 Å². The van der Waals surface area contributed by atoms with Crippen LogP contribution in [0.3, 0.4) is 0 Å². The Bertz CT molecular complexity index is 776. The summed E-state index contributed by atoms with van der Waals surface area (Å²) in [5.41, 5.74) is 7.72. The minimum absolute atomic E-state index is 0.450. The first-order valence-corrected chi connectivity index (χ1v) is 7.70. The van der Waals surface area contributed by atoms with E-state index in [1.54, 1.807) is 11.3 Å². The van der Waals surface area contributed by atoms with Crippen molar-refractivity contribution < 1.29 is 0 Å². The van der Waals surface area contributed by atoms with Gasteiger partial charge in [-0.05, 0) is 24.3 Å². The van der Waals surface area contributed by atoms with Gasteiger partial charge < -0.3 is 10.3 Å². The monoisotopic (exact) mass is 321 g/mol. The van der Waals surface area contributed by atoms with E-state index in [9.17, 15) is 0 Å². The van der Waals surface area contributed by atoms with Gasteiger partial charge in [0.05, 0.1) is 33.3 Å². The summed E-state index contributed by atoms with van der Waals surface area (Å²) in [7, 11) is 0. The lowest BCUT2D eigenvalue weighted by Gasteiger charge is -2.07. The maximum Gasteiger partial charge on any atom is 0.117 e. The predicted molar refractivity (Wildman–Crippen MR) is 88.7 cm³/mol. The van der Waals surface area contributed by atoms with Crippen molar-refractivity contribution in [3.63, 3.8) is 0 Å². The normalized spacial score (nSPS) is 11.1. The number of thiophene rings is 1. The minimum Gasteiger partial charge on any atom is -0.393 e. The van der Waals surface area contributed by atoms with Crippen molar-refractivity contribution in [2.45, 2.75) is 13.0 Å². The third-order valence-corrected chi connectivity index (χ3v) is 4.37. The average Bonchev–Trinajstić information content (AvgIpc) is 2.95. The summed E-state index contributed by atoms with van der Waals surface area (Å²) >= 11 is 12.6. The molecule has 3 aromatic rings. The average molecular weight is 322 g/mol. The number of fused-ring (bicyclic) bond motifs is 1. The summed E-state index contributed by atoms with van der Waals surface area (Å²) in [4.78, 5) is 6.26. The first-order chi connectivity index (χ1) is 9.63. The Morgan fingerprint density at radius 3 is 2.80 bits per heavy atom. The van der Waals surface area contributed by atoms with E-state index in [0.717, 1.165) is 27.7 Å². The molecule has 2 N–H and O–H groups in total. The molecule has 0 radical (unpaired) electrons. The number of nitrogens with zero attached hydrogens (tertiary/aromatic N) is 2. The second-order valence-electron chi connectivity index (χ2n) is 4.45. The topological polar surface area (TPSA) is 43.8 Å². The van der Waals surface area contributed by atoms with Crippen LogP contribution in [0.25, 0.3) is 11.0 Å². The van der Waals surface area contributed by atoms with Crippen LogP contribution in [0.4, 0.5) is 0 Å². The van der Waals surface area contributed by atoms with Gasteiger partial charge in [-0.1, -0.05) is 36.0 Å². The van der Waals surface area contributed by atoms with Gasteiger partial charge in [0.15, 0.2) is 0 Å². The molecule has 0 fully saturated rings. The van der Waals surface area contributed by atoms with Crippen LogP contribution in [-0.4, -0.2) is 14.5 Å². The van der Waals surface area contributed by atoms with E-state index in [1.807, 2.05) is 30.3 Å². The summed E-state index contributed by atoms with van der Waals surface area (Å²) in [5, 5.41) is 0. The van der Waals surface area contributed by atoms with E-state index >= 15 is 0 Å². The summed E-state index contributed by atoms with van der Waals surface area (Å²) in [5.74, 6) is 0.892. The van der Waals surface area contributed by atoms with Crippen LogP contribution in [0.5, 0.6) is 0 Å². The molecule has 3 rings (SSSR count). The number of rotatable bonds is 4. The molecule has 2 heterocycles. The molecule has 6 heteroatoms. The Labute approximate surface area is 131 Å². The van der Waals surface area contributed by atoms with Crippen LogP contribution in [-0.2, 0) is 13.0 Å². The fraction of sp³-hybridized carbons (Fsp3) is 0.143. The molecule has 0 aliphatic heterocycles. The van der Waals surface area contributed by atoms with Gasteiger partial charge in [0.1, 0.15) is 5.82 Å². The molecule has 0 unspecified atom stereocenters. The highest BCUT2D eigenvalue weighted by Gasteiger charge is 2.12. The molecule has 2 aromatic heterocycles. The molecule has 1 aromatic carbocycles. The highest BCUT2D eigenvalue weighted by atomic mass is 35.5. The molecule has 3 nitrogen and oxygen atoms in total. The molecule has 0 atom stereocenters. The molecular weight excluding hydrogens is 310 g/mol. The number of aromatic nitrogens is 2. The first kappa shape index (κ1) is 13.5. The fourth-order valence-electron chi connectivity index (χ4n) is 2.19. The molecular formula is C14H12ClN3S2. The van der Waals surface area contributed by atoms with Crippen LogP contribution >= 0.6 is 35.2 Å². The highest BCUT2D eigenvalue weighted by Crippen LogP contribution is 2.25. The van der Waals surface area contributed by atoms with E-state index in [0.29, 0.717) is 11.4 Å².